The maximum Gasteiger partial charge on any atom is 0.188 e. The summed E-state index contributed by atoms with van der Waals surface area (Å²) < 4.78 is 13.4. The third kappa shape index (κ3) is 4.13. The van der Waals surface area contributed by atoms with Gasteiger partial charge in [-0.25, -0.2) is 4.85 Å². The quantitative estimate of drug-likeness (QED) is 0.171. The van der Waals surface area contributed by atoms with Crippen molar-refractivity contribution in [3.05, 3.63) is 181 Å². The summed E-state index contributed by atoms with van der Waals surface area (Å²) in [5.74, 6) is 0. The van der Waals surface area contributed by atoms with E-state index in [1.165, 1.54) is 5.39 Å². The Bertz CT molecular complexity index is 3730. The Morgan fingerprint density at radius 2 is 0.911 bits per heavy atom. The van der Waals surface area contributed by atoms with E-state index in [1.54, 1.807) is 0 Å². The van der Waals surface area contributed by atoms with E-state index in [4.69, 9.17) is 11.0 Å². The van der Waals surface area contributed by atoms with Gasteiger partial charge in [-0.3, -0.25) is 0 Å². The van der Waals surface area contributed by atoms with E-state index in [1.807, 2.05) is 42.5 Å². The van der Waals surface area contributed by atoms with Crippen LogP contribution in [0.15, 0.2) is 168 Å². The fraction of sp³-hybridized carbons (Fsp3) is 0. The van der Waals surface area contributed by atoms with E-state index in [-0.39, 0.29) is 0 Å². The second-order valence-corrected chi connectivity index (χ2v) is 14.4. The number of furan rings is 1. The van der Waals surface area contributed by atoms with Crippen molar-refractivity contribution in [2.24, 2.45) is 0 Å². The van der Waals surface area contributed by atoms with Gasteiger partial charge in [0.1, 0.15) is 11.2 Å². The van der Waals surface area contributed by atoms with Gasteiger partial charge in [0.2, 0.25) is 0 Å². The van der Waals surface area contributed by atoms with Crippen LogP contribution in [0.5, 0.6) is 0 Å². The number of nitriles is 1. The minimum absolute atomic E-state index is 0.620. The maximum atomic E-state index is 9.67. The summed E-state index contributed by atoms with van der Waals surface area (Å²) >= 11 is 0. The molecule has 6 heteroatoms. The number of hydrogen-bond donors (Lipinski definition) is 0. The van der Waals surface area contributed by atoms with Gasteiger partial charge < -0.3 is 18.1 Å². The van der Waals surface area contributed by atoms with Gasteiger partial charge in [0.15, 0.2) is 5.69 Å². The first-order valence-electron chi connectivity index (χ1n) is 18.5. The van der Waals surface area contributed by atoms with Crippen LogP contribution in [0, 0.1) is 17.9 Å². The van der Waals surface area contributed by atoms with Gasteiger partial charge in [-0.2, -0.15) is 5.26 Å². The van der Waals surface area contributed by atoms with Gasteiger partial charge in [0.05, 0.1) is 51.3 Å². The molecule has 0 aliphatic carbocycles. The van der Waals surface area contributed by atoms with E-state index in [0.717, 1.165) is 99.0 Å². The zero-order chi connectivity index (χ0) is 37.1. The molecule has 0 spiro atoms. The molecule has 56 heavy (non-hydrogen) atoms. The van der Waals surface area contributed by atoms with Crippen molar-refractivity contribution in [3.8, 4) is 23.1 Å². The predicted octanol–water partition coefficient (Wildman–Crippen LogP) is 13.3. The Labute approximate surface area is 319 Å². The highest BCUT2D eigenvalue weighted by Gasteiger charge is 2.20. The summed E-state index contributed by atoms with van der Waals surface area (Å²) in [5, 5.41) is 18.4. The summed E-state index contributed by atoms with van der Waals surface area (Å²) in [4.78, 5) is 3.79. The Balaban J connectivity index is 1.12. The van der Waals surface area contributed by atoms with Gasteiger partial charge >= 0.3 is 0 Å². The van der Waals surface area contributed by atoms with Crippen molar-refractivity contribution < 1.29 is 4.42 Å². The summed E-state index contributed by atoms with van der Waals surface area (Å²) in [6, 6.07) is 59.1. The Morgan fingerprint density at radius 3 is 1.54 bits per heavy atom. The summed E-state index contributed by atoms with van der Waals surface area (Å²) in [5.41, 5.74) is 12.5. The van der Waals surface area contributed by atoms with Crippen molar-refractivity contribution in [2.75, 3.05) is 0 Å². The number of benzene rings is 8. The molecule has 4 heterocycles. The second-order valence-electron chi connectivity index (χ2n) is 14.4. The summed E-state index contributed by atoms with van der Waals surface area (Å²) in [6.07, 6.45) is 0. The lowest BCUT2D eigenvalue weighted by Gasteiger charge is -2.10. The molecule has 0 aliphatic heterocycles. The van der Waals surface area contributed by atoms with Crippen LogP contribution in [0.1, 0.15) is 5.56 Å². The molecule has 0 radical (unpaired) electrons. The molecule has 0 bridgehead atoms. The van der Waals surface area contributed by atoms with Crippen LogP contribution in [0.25, 0.3) is 109 Å². The average molecular weight is 714 g/mol. The fourth-order valence-corrected chi connectivity index (χ4v) is 9.02. The molecular weight excluding hydrogens is 687 g/mol. The molecule has 8 aromatic carbocycles. The highest BCUT2D eigenvalue weighted by Crippen LogP contribution is 2.42. The standard InChI is InChI=1S/C50H27N5O/c1-52-31-16-20-46-38(24-31)40-28-47-39(27-48(40)53(46)32-9-3-2-4-10-32)36-12-6-8-14-44(36)55(47)34-18-22-50-42(26-34)41-25-33(17-21-49(41)56-50)54-43-13-7-5-11-35(43)37-23-30(29-51)15-19-45(37)54/h2-28H. The van der Waals surface area contributed by atoms with Crippen LogP contribution >= 0.6 is 0 Å². The maximum absolute atomic E-state index is 9.67. The topological polar surface area (TPSA) is 56.1 Å². The molecule has 12 aromatic rings. The molecule has 12 rings (SSSR count). The lowest BCUT2D eigenvalue weighted by molar-refractivity contribution is 0.669. The Hall–Kier alpha value is -8.06. The van der Waals surface area contributed by atoms with Gasteiger partial charge in [-0.15, -0.1) is 0 Å². The van der Waals surface area contributed by atoms with Crippen LogP contribution in [0.4, 0.5) is 5.69 Å². The molecule has 0 aliphatic rings. The zero-order valence-electron chi connectivity index (χ0n) is 29.7. The fourth-order valence-electron chi connectivity index (χ4n) is 9.02. The van der Waals surface area contributed by atoms with Crippen LogP contribution in [-0.2, 0) is 0 Å². The normalized spacial score (nSPS) is 11.9. The summed E-state index contributed by atoms with van der Waals surface area (Å²) in [7, 11) is 0. The highest BCUT2D eigenvalue weighted by atomic mass is 16.3. The van der Waals surface area contributed by atoms with Gasteiger partial charge in [-0.05, 0) is 109 Å². The zero-order valence-corrected chi connectivity index (χ0v) is 29.7. The largest absolute Gasteiger partial charge is 0.456 e. The number of rotatable bonds is 3. The third-order valence-electron chi connectivity index (χ3n) is 11.4. The molecule has 4 aromatic heterocycles. The summed E-state index contributed by atoms with van der Waals surface area (Å²) in [6.45, 7) is 7.79. The molecule has 258 valence electrons. The van der Waals surface area contributed by atoms with Crippen LogP contribution in [-0.4, -0.2) is 13.7 Å². The number of aromatic nitrogens is 3. The average Bonchev–Trinajstić information content (AvgIpc) is 3.98. The minimum Gasteiger partial charge on any atom is -0.456 e. The number of para-hydroxylation sites is 3. The monoisotopic (exact) mass is 713 g/mol. The van der Waals surface area contributed by atoms with E-state index >= 15 is 0 Å². The second kappa shape index (κ2) is 11.2. The van der Waals surface area contributed by atoms with E-state index < -0.39 is 0 Å². The van der Waals surface area contributed by atoms with Crippen LogP contribution < -0.4 is 0 Å². The first kappa shape index (κ1) is 30.4. The smallest absolute Gasteiger partial charge is 0.188 e. The number of fused-ring (bicyclic) bond motifs is 12. The van der Waals surface area contributed by atoms with E-state index in [0.29, 0.717) is 11.3 Å². The number of nitrogens with zero attached hydrogens (tertiary/aromatic N) is 5. The van der Waals surface area contributed by atoms with Gasteiger partial charge in [-0.1, -0.05) is 60.7 Å². The molecule has 0 amide bonds. The minimum atomic E-state index is 0.620. The Kier molecular flexibility index (Phi) is 6.10. The van der Waals surface area contributed by atoms with Crippen molar-refractivity contribution in [1.82, 2.24) is 13.7 Å². The van der Waals surface area contributed by atoms with E-state index in [9.17, 15) is 5.26 Å². The van der Waals surface area contributed by atoms with Crippen LogP contribution in [0.3, 0.4) is 0 Å². The highest BCUT2D eigenvalue weighted by molar-refractivity contribution is 6.20. The van der Waals surface area contributed by atoms with Crippen molar-refractivity contribution >= 4 is 93.0 Å². The van der Waals surface area contributed by atoms with E-state index in [2.05, 4.69) is 146 Å². The lowest BCUT2D eigenvalue weighted by atomic mass is 10.1. The predicted molar refractivity (Wildman–Crippen MR) is 228 cm³/mol. The lowest BCUT2D eigenvalue weighted by Crippen LogP contribution is -1.95. The van der Waals surface area contributed by atoms with Gasteiger partial charge in [0.25, 0.3) is 0 Å². The first-order valence-corrected chi connectivity index (χ1v) is 18.5. The first-order chi connectivity index (χ1) is 27.7. The molecule has 0 saturated carbocycles. The van der Waals surface area contributed by atoms with Crippen molar-refractivity contribution in [2.45, 2.75) is 0 Å². The van der Waals surface area contributed by atoms with Gasteiger partial charge in [0, 0.05) is 54.8 Å². The molecule has 0 N–H and O–H groups in total. The molecule has 6 nitrogen and oxygen atoms in total. The molecule has 0 unspecified atom stereocenters. The third-order valence-corrected chi connectivity index (χ3v) is 11.4. The van der Waals surface area contributed by atoms with Crippen molar-refractivity contribution in [3.63, 3.8) is 0 Å². The SMILES string of the molecule is [C-]#[N+]c1ccc2c(c1)c1cc3c(cc1n2-c1ccccc1)c1ccccc1n3-c1ccc2oc3ccc(-n4c5ccccc5c5cc(C#N)ccc54)cc3c2c1. The number of hydrogen-bond acceptors (Lipinski definition) is 2. The molecule has 0 saturated heterocycles. The molecule has 0 fully saturated rings. The Morgan fingerprint density at radius 1 is 0.411 bits per heavy atom. The van der Waals surface area contributed by atoms with Crippen molar-refractivity contribution in [1.29, 1.82) is 5.26 Å². The van der Waals surface area contributed by atoms with Crippen LogP contribution in [0.2, 0.25) is 0 Å². The molecular formula is C50H27N5O. The molecule has 0 atom stereocenters.